The summed E-state index contributed by atoms with van der Waals surface area (Å²) in [6.07, 6.45) is 1.80. The van der Waals surface area contributed by atoms with Gasteiger partial charge in [-0.25, -0.2) is 0 Å². The summed E-state index contributed by atoms with van der Waals surface area (Å²) < 4.78 is 5.83. The molecule has 1 aromatic carbocycles. The van der Waals surface area contributed by atoms with E-state index >= 15 is 0 Å². The van der Waals surface area contributed by atoms with E-state index in [1.807, 2.05) is 12.1 Å². The number of fused-ring (bicyclic) bond motifs is 3. The van der Waals surface area contributed by atoms with Gasteiger partial charge >= 0.3 is 0 Å². The summed E-state index contributed by atoms with van der Waals surface area (Å²) in [4.78, 5) is 4.37. The fourth-order valence-corrected chi connectivity index (χ4v) is 2.06. The van der Waals surface area contributed by atoms with Crippen molar-refractivity contribution in [2.75, 3.05) is 0 Å². The van der Waals surface area contributed by atoms with E-state index in [-0.39, 0.29) is 5.41 Å². The predicted octanol–water partition coefficient (Wildman–Crippen LogP) is 4.28. The van der Waals surface area contributed by atoms with Crippen molar-refractivity contribution >= 4 is 22.1 Å². The van der Waals surface area contributed by atoms with E-state index in [1.165, 1.54) is 5.56 Å². The Morgan fingerprint density at radius 2 is 1.88 bits per heavy atom. The Bertz CT molecular complexity index is 689. The van der Waals surface area contributed by atoms with E-state index in [0.717, 1.165) is 22.1 Å². The molecule has 0 bridgehead atoms. The fourth-order valence-electron chi connectivity index (χ4n) is 2.06. The number of furan rings is 1. The van der Waals surface area contributed by atoms with E-state index in [9.17, 15) is 0 Å². The summed E-state index contributed by atoms with van der Waals surface area (Å²) in [6.45, 7) is 6.61. The second-order valence-corrected chi connectivity index (χ2v) is 5.41. The third-order valence-electron chi connectivity index (χ3n) is 3.09. The van der Waals surface area contributed by atoms with E-state index < -0.39 is 0 Å². The normalized spacial score (nSPS) is 12.4. The average Bonchev–Trinajstić information content (AvgIpc) is 2.65. The third kappa shape index (κ3) is 1.60. The van der Waals surface area contributed by atoms with Crippen LogP contribution in [0.3, 0.4) is 0 Å². The summed E-state index contributed by atoms with van der Waals surface area (Å²) in [7, 11) is 0. The summed E-state index contributed by atoms with van der Waals surface area (Å²) in [6, 6.07) is 10.2. The van der Waals surface area contributed by atoms with Gasteiger partial charge in [0.2, 0.25) is 0 Å². The molecule has 2 aromatic heterocycles. The molecule has 0 aliphatic carbocycles. The maximum atomic E-state index is 5.83. The van der Waals surface area contributed by atoms with Crippen LogP contribution in [0.1, 0.15) is 26.3 Å². The number of hydrogen-bond donors (Lipinski definition) is 0. The first-order valence-electron chi connectivity index (χ1n) is 5.83. The highest BCUT2D eigenvalue weighted by Crippen LogP contribution is 2.31. The van der Waals surface area contributed by atoms with Crippen LogP contribution in [0.5, 0.6) is 0 Å². The van der Waals surface area contributed by atoms with Crippen molar-refractivity contribution in [2.45, 2.75) is 26.2 Å². The maximum absolute atomic E-state index is 5.83. The van der Waals surface area contributed by atoms with Gasteiger partial charge in [-0.05, 0) is 35.2 Å². The molecule has 0 saturated carbocycles. The van der Waals surface area contributed by atoms with Crippen molar-refractivity contribution < 1.29 is 4.42 Å². The highest BCUT2D eigenvalue weighted by atomic mass is 16.3. The Balaban J connectivity index is 2.34. The van der Waals surface area contributed by atoms with Crippen LogP contribution in [-0.4, -0.2) is 4.98 Å². The van der Waals surface area contributed by atoms with Crippen LogP contribution >= 0.6 is 0 Å². The fraction of sp³-hybridized carbons (Fsp3) is 0.267. The number of benzene rings is 1. The molecule has 0 radical (unpaired) electrons. The average molecular weight is 225 g/mol. The third-order valence-corrected chi connectivity index (χ3v) is 3.09. The molecule has 2 nitrogen and oxygen atoms in total. The van der Waals surface area contributed by atoms with E-state index in [1.54, 1.807) is 6.20 Å². The smallest absolute Gasteiger partial charge is 0.153 e. The first-order valence-corrected chi connectivity index (χ1v) is 5.83. The van der Waals surface area contributed by atoms with Crippen LogP contribution in [-0.2, 0) is 5.41 Å². The first-order chi connectivity index (χ1) is 8.05. The molecule has 3 rings (SSSR count). The minimum absolute atomic E-state index is 0.139. The molecule has 0 unspecified atom stereocenters. The van der Waals surface area contributed by atoms with E-state index in [2.05, 4.69) is 44.0 Å². The molecular formula is C15H15NO. The van der Waals surface area contributed by atoms with Gasteiger partial charge in [0, 0.05) is 11.6 Å². The zero-order chi connectivity index (χ0) is 12.0. The molecule has 86 valence electrons. The molecule has 0 N–H and O–H groups in total. The lowest BCUT2D eigenvalue weighted by Gasteiger charge is -2.18. The van der Waals surface area contributed by atoms with Crippen molar-refractivity contribution in [3.8, 4) is 0 Å². The molecule has 3 aromatic rings. The van der Waals surface area contributed by atoms with Gasteiger partial charge in [-0.2, -0.15) is 0 Å². The van der Waals surface area contributed by atoms with E-state index in [0.29, 0.717) is 0 Å². The molecule has 0 fully saturated rings. The lowest BCUT2D eigenvalue weighted by molar-refractivity contribution is 0.587. The van der Waals surface area contributed by atoms with Crippen LogP contribution < -0.4 is 0 Å². The molecule has 0 amide bonds. The topological polar surface area (TPSA) is 26.0 Å². The summed E-state index contributed by atoms with van der Waals surface area (Å²) >= 11 is 0. The lowest BCUT2D eigenvalue weighted by atomic mass is 9.87. The van der Waals surface area contributed by atoms with Gasteiger partial charge < -0.3 is 4.42 Å². The molecule has 0 spiro atoms. The SMILES string of the molecule is CC(C)(C)c1ccc2c(c1)oc1cccnc12. The Morgan fingerprint density at radius 1 is 1.06 bits per heavy atom. The number of aromatic nitrogens is 1. The second-order valence-electron chi connectivity index (χ2n) is 5.41. The largest absolute Gasteiger partial charge is 0.454 e. The van der Waals surface area contributed by atoms with Crippen molar-refractivity contribution in [2.24, 2.45) is 0 Å². The highest BCUT2D eigenvalue weighted by Gasteiger charge is 2.16. The van der Waals surface area contributed by atoms with Gasteiger partial charge in [0.15, 0.2) is 5.58 Å². The Kier molecular flexibility index (Phi) is 2.02. The van der Waals surface area contributed by atoms with Crippen molar-refractivity contribution in [1.82, 2.24) is 4.98 Å². The van der Waals surface area contributed by atoms with Gasteiger partial charge in [-0.15, -0.1) is 0 Å². The van der Waals surface area contributed by atoms with Gasteiger partial charge in [0.25, 0.3) is 0 Å². The van der Waals surface area contributed by atoms with Crippen molar-refractivity contribution in [1.29, 1.82) is 0 Å². The number of hydrogen-bond acceptors (Lipinski definition) is 2. The van der Waals surface area contributed by atoms with E-state index in [4.69, 9.17) is 4.42 Å². The predicted molar refractivity (Wildman–Crippen MR) is 70.2 cm³/mol. The van der Waals surface area contributed by atoms with Crippen LogP contribution in [0.25, 0.3) is 22.1 Å². The zero-order valence-electron chi connectivity index (χ0n) is 10.3. The highest BCUT2D eigenvalue weighted by molar-refractivity contribution is 6.02. The quantitative estimate of drug-likeness (QED) is 0.570. The number of pyridine rings is 1. The zero-order valence-corrected chi connectivity index (χ0v) is 10.3. The standard InChI is InChI=1S/C15H15NO/c1-15(2,3)10-6-7-11-13(9-10)17-12-5-4-8-16-14(11)12/h4-9H,1-3H3. The lowest BCUT2D eigenvalue weighted by Crippen LogP contribution is -2.10. The molecule has 17 heavy (non-hydrogen) atoms. The molecule has 2 heterocycles. The monoisotopic (exact) mass is 225 g/mol. The van der Waals surface area contributed by atoms with Crippen LogP contribution in [0.15, 0.2) is 40.9 Å². The summed E-state index contributed by atoms with van der Waals surface area (Å²) in [5.41, 5.74) is 4.15. The molecule has 0 atom stereocenters. The van der Waals surface area contributed by atoms with Crippen molar-refractivity contribution in [3.05, 3.63) is 42.1 Å². The van der Waals surface area contributed by atoms with Crippen LogP contribution in [0, 0.1) is 0 Å². The minimum Gasteiger partial charge on any atom is -0.454 e. The Morgan fingerprint density at radius 3 is 2.65 bits per heavy atom. The van der Waals surface area contributed by atoms with Crippen LogP contribution in [0.2, 0.25) is 0 Å². The Labute approximate surface area is 100 Å². The van der Waals surface area contributed by atoms with Gasteiger partial charge in [0.1, 0.15) is 11.1 Å². The molecule has 0 saturated heterocycles. The molecular weight excluding hydrogens is 210 g/mol. The Hall–Kier alpha value is -1.83. The first kappa shape index (κ1) is 10.3. The van der Waals surface area contributed by atoms with Gasteiger partial charge in [-0.1, -0.05) is 26.8 Å². The maximum Gasteiger partial charge on any atom is 0.153 e. The molecule has 2 heteroatoms. The van der Waals surface area contributed by atoms with Gasteiger partial charge in [-0.3, -0.25) is 4.98 Å². The van der Waals surface area contributed by atoms with Crippen molar-refractivity contribution in [3.63, 3.8) is 0 Å². The number of rotatable bonds is 0. The number of nitrogens with zero attached hydrogens (tertiary/aromatic N) is 1. The summed E-state index contributed by atoms with van der Waals surface area (Å²) in [5.74, 6) is 0. The van der Waals surface area contributed by atoms with Gasteiger partial charge in [0.05, 0.1) is 0 Å². The molecule has 0 aliphatic heterocycles. The summed E-state index contributed by atoms with van der Waals surface area (Å²) in [5, 5.41) is 1.09. The van der Waals surface area contributed by atoms with Crippen LogP contribution in [0.4, 0.5) is 0 Å². The second kappa shape index (κ2) is 3.33. The molecule has 0 aliphatic rings. The minimum atomic E-state index is 0.139.